The fraction of sp³-hybridized carbons (Fsp3) is 0.226. The largest absolute Gasteiger partial charge is 0.497 e. The number of nitrogens with zero attached hydrogens (tertiary/aromatic N) is 3. The maximum Gasteiger partial charge on any atom is 0.338 e. The van der Waals surface area contributed by atoms with Crippen LogP contribution in [0, 0.1) is 0 Å². The van der Waals surface area contributed by atoms with Crippen molar-refractivity contribution in [2.75, 3.05) is 14.2 Å². The third-order valence-corrected chi connectivity index (χ3v) is 7.64. The number of methoxy groups -OCH3 is 2. The number of carbonyl (C=O) groups excluding carboxylic acids is 2. The number of allylic oxidation sites excluding steroid dienone is 1. The Hall–Kier alpha value is -4.57. The van der Waals surface area contributed by atoms with Crippen molar-refractivity contribution < 1.29 is 23.8 Å². The molecule has 0 saturated heterocycles. The summed E-state index contributed by atoms with van der Waals surface area (Å²) in [5, 5.41) is 5.54. The summed E-state index contributed by atoms with van der Waals surface area (Å²) in [4.78, 5) is 37.4. The molecule has 2 aliphatic rings. The quantitative estimate of drug-likeness (QED) is 0.335. The summed E-state index contributed by atoms with van der Waals surface area (Å²) in [6.07, 6.45) is 3.47. The number of aromatic nitrogens is 1. The van der Waals surface area contributed by atoms with Crippen LogP contribution in [-0.4, -0.2) is 41.1 Å². The van der Waals surface area contributed by atoms with Gasteiger partial charge in [-0.15, -0.1) is 0 Å². The highest BCUT2D eigenvalue weighted by molar-refractivity contribution is 8.16. The summed E-state index contributed by atoms with van der Waals surface area (Å²) >= 11 is 1.41. The smallest absolute Gasteiger partial charge is 0.338 e. The van der Waals surface area contributed by atoms with Crippen molar-refractivity contribution in [3.63, 3.8) is 0 Å². The number of ether oxygens (including phenoxy) is 3. The van der Waals surface area contributed by atoms with E-state index < -0.39 is 12.0 Å². The number of carbonyl (C=O) groups is 2. The summed E-state index contributed by atoms with van der Waals surface area (Å²) in [5.41, 5.74) is 4.18. The van der Waals surface area contributed by atoms with Gasteiger partial charge in [-0.05, 0) is 47.7 Å². The number of rotatable bonds is 10. The first-order chi connectivity index (χ1) is 20.0. The van der Waals surface area contributed by atoms with Gasteiger partial charge in [-0.2, -0.15) is 0 Å². The topological polar surface area (TPSA) is 102 Å². The molecule has 1 N–H and O–H groups in total. The second-order valence-electron chi connectivity index (χ2n) is 9.37. The molecule has 210 valence electrons. The molecule has 0 radical (unpaired) electrons. The summed E-state index contributed by atoms with van der Waals surface area (Å²) in [5.74, 6) is 0.506. The molecule has 5 rings (SSSR count). The van der Waals surface area contributed by atoms with Crippen molar-refractivity contribution in [1.82, 2.24) is 15.2 Å². The molecule has 1 amide bonds. The van der Waals surface area contributed by atoms with Crippen LogP contribution in [0.25, 0.3) is 0 Å². The Morgan fingerprint density at radius 1 is 1.00 bits per heavy atom. The number of amidine groups is 1. The molecule has 1 aromatic heterocycles. The van der Waals surface area contributed by atoms with E-state index in [1.165, 1.54) is 11.8 Å². The van der Waals surface area contributed by atoms with Crippen molar-refractivity contribution in [3.8, 4) is 11.5 Å². The first-order valence-electron chi connectivity index (χ1n) is 13.0. The Morgan fingerprint density at radius 2 is 1.78 bits per heavy atom. The fourth-order valence-electron chi connectivity index (χ4n) is 4.70. The van der Waals surface area contributed by atoms with E-state index in [9.17, 15) is 9.59 Å². The van der Waals surface area contributed by atoms with Crippen LogP contribution < -0.4 is 14.8 Å². The van der Waals surface area contributed by atoms with Crippen LogP contribution in [0.15, 0.2) is 100 Å². The van der Waals surface area contributed by atoms with E-state index >= 15 is 0 Å². The van der Waals surface area contributed by atoms with Gasteiger partial charge < -0.3 is 24.4 Å². The SMILES string of the molecule is COc1ccc([C@H]2C(C(=O)OCc3ccccc3)=C(C)N=C3SC=C(CC(=O)NCc4ccncc4)N32)c(OC)c1. The van der Waals surface area contributed by atoms with Crippen LogP contribution in [0.2, 0.25) is 0 Å². The van der Waals surface area contributed by atoms with Crippen molar-refractivity contribution in [2.45, 2.75) is 32.5 Å². The molecular weight excluding hydrogens is 540 g/mol. The van der Waals surface area contributed by atoms with Crippen molar-refractivity contribution in [1.29, 1.82) is 0 Å². The number of pyridine rings is 1. The van der Waals surface area contributed by atoms with Gasteiger partial charge in [0.25, 0.3) is 0 Å². The van der Waals surface area contributed by atoms with Gasteiger partial charge in [0.15, 0.2) is 5.17 Å². The molecule has 0 unspecified atom stereocenters. The second-order valence-corrected chi connectivity index (χ2v) is 10.2. The van der Waals surface area contributed by atoms with E-state index in [0.717, 1.165) is 16.7 Å². The number of fused-ring (bicyclic) bond motifs is 1. The zero-order chi connectivity index (χ0) is 28.8. The monoisotopic (exact) mass is 570 g/mol. The van der Waals surface area contributed by atoms with Gasteiger partial charge in [0, 0.05) is 36.3 Å². The molecule has 3 aromatic rings. The van der Waals surface area contributed by atoms with Gasteiger partial charge in [0.1, 0.15) is 18.1 Å². The average Bonchev–Trinajstić information content (AvgIpc) is 3.40. The van der Waals surface area contributed by atoms with Gasteiger partial charge in [-0.1, -0.05) is 42.1 Å². The third-order valence-electron chi connectivity index (χ3n) is 6.75. The minimum absolute atomic E-state index is 0.0947. The molecule has 2 aromatic carbocycles. The number of nitrogens with one attached hydrogen (secondary N) is 1. The normalized spacial score (nSPS) is 16.0. The Bertz CT molecular complexity index is 1520. The Kier molecular flexibility index (Phi) is 8.69. The van der Waals surface area contributed by atoms with E-state index in [2.05, 4.69) is 10.3 Å². The lowest BCUT2D eigenvalue weighted by molar-refractivity contribution is -0.141. The summed E-state index contributed by atoms with van der Waals surface area (Å²) in [6.45, 7) is 2.30. The number of aliphatic imine (C=N–C) groups is 1. The third kappa shape index (κ3) is 6.28. The summed E-state index contributed by atoms with van der Waals surface area (Å²) < 4.78 is 17.0. The lowest BCUT2D eigenvalue weighted by Crippen LogP contribution is -2.38. The lowest BCUT2D eigenvalue weighted by atomic mass is 9.93. The predicted octanol–water partition coefficient (Wildman–Crippen LogP) is 5.12. The molecular formula is C31H30N4O5S. The van der Waals surface area contributed by atoms with Crippen molar-refractivity contribution in [2.24, 2.45) is 4.99 Å². The zero-order valence-electron chi connectivity index (χ0n) is 23.0. The molecule has 9 nitrogen and oxygen atoms in total. The maximum absolute atomic E-state index is 13.7. The first-order valence-corrected chi connectivity index (χ1v) is 13.9. The molecule has 10 heteroatoms. The van der Waals surface area contributed by atoms with Crippen LogP contribution >= 0.6 is 11.8 Å². The summed E-state index contributed by atoms with van der Waals surface area (Å²) in [7, 11) is 3.15. The number of amides is 1. The Morgan fingerprint density at radius 3 is 2.51 bits per heavy atom. The highest BCUT2D eigenvalue weighted by Crippen LogP contribution is 2.47. The van der Waals surface area contributed by atoms with Crippen LogP contribution in [0.4, 0.5) is 0 Å². The number of esters is 1. The Balaban J connectivity index is 1.46. The van der Waals surface area contributed by atoms with E-state index in [1.807, 2.05) is 64.9 Å². The van der Waals surface area contributed by atoms with Gasteiger partial charge >= 0.3 is 5.97 Å². The van der Waals surface area contributed by atoms with E-state index in [0.29, 0.717) is 40.2 Å². The molecule has 1 atom stereocenters. The number of benzene rings is 2. The fourth-order valence-corrected chi connectivity index (χ4v) is 5.66. The zero-order valence-corrected chi connectivity index (χ0v) is 23.8. The molecule has 3 heterocycles. The maximum atomic E-state index is 13.7. The average molecular weight is 571 g/mol. The van der Waals surface area contributed by atoms with E-state index in [4.69, 9.17) is 19.2 Å². The van der Waals surface area contributed by atoms with Gasteiger partial charge in [-0.25, -0.2) is 9.79 Å². The highest BCUT2D eigenvalue weighted by Gasteiger charge is 2.42. The van der Waals surface area contributed by atoms with E-state index in [-0.39, 0.29) is 18.9 Å². The van der Waals surface area contributed by atoms with Crippen LogP contribution in [0.5, 0.6) is 11.5 Å². The standard InChI is InChI=1S/C31H30N4O5S/c1-20-28(30(37)40-18-22-7-5-4-6-8-22)29(25-10-9-24(38-2)16-26(25)39-3)35-23(19-41-31(35)34-20)15-27(36)33-17-21-11-13-32-14-12-21/h4-14,16,19,29H,15,17-18H2,1-3H3,(H,33,36)/t29-/m0/s1. The first kappa shape index (κ1) is 28.0. The van der Waals surface area contributed by atoms with Crippen LogP contribution in [0.1, 0.15) is 36.1 Å². The van der Waals surface area contributed by atoms with Crippen LogP contribution in [-0.2, 0) is 27.5 Å². The van der Waals surface area contributed by atoms with Gasteiger partial charge in [0.2, 0.25) is 5.91 Å². The predicted molar refractivity (Wildman–Crippen MR) is 157 cm³/mol. The lowest BCUT2D eigenvalue weighted by Gasteiger charge is -2.36. The molecule has 2 aliphatic heterocycles. The minimum atomic E-state index is -0.638. The van der Waals surface area contributed by atoms with Crippen molar-refractivity contribution in [3.05, 3.63) is 112 Å². The number of hydrogen-bond acceptors (Lipinski definition) is 9. The molecule has 0 bridgehead atoms. The highest BCUT2D eigenvalue weighted by atomic mass is 32.2. The van der Waals surface area contributed by atoms with Gasteiger partial charge in [0.05, 0.1) is 38.0 Å². The van der Waals surface area contributed by atoms with Crippen molar-refractivity contribution >= 4 is 28.8 Å². The minimum Gasteiger partial charge on any atom is -0.497 e. The molecule has 0 spiro atoms. The number of hydrogen-bond donors (Lipinski definition) is 1. The van der Waals surface area contributed by atoms with Crippen LogP contribution in [0.3, 0.4) is 0 Å². The number of thioether (sulfide) groups is 1. The molecule has 0 fully saturated rings. The second kappa shape index (κ2) is 12.7. The molecule has 41 heavy (non-hydrogen) atoms. The molecule has 0 saturated carbocycles. The summed E-state index contributed by atoms with van der Waals surface area (Å²) in [6, 6.07) is 18.0. The van der Waals surface area contributed by atoms with Gasteiger partial charge in [-0.3, -0.25) is 9.78 Å². The molecule has 0 aliphatic carbocycles. The van der Waals surface area contributed by atoms with E-state index in [1.54, 1.807) is 39.6 Å². The Labute approximate surface area is 242 Å².